The summed E-state index contributed by atoms with van der Waals surface area (Å²) in [6.07, 6.45) is 0.187. The number of para-hydroxylation sites is 1. The number of ether oxygens (including phenoxy) is 1. The monoisotopic (exact) mass is 469 g/mol. The van der Waals surface area contributed by atoms with E-state index in [-0.39, 0.29) is 42.6 Å². The molecule has 1 atom stereocenters. The van der Waals surface area contributed by atoms with Crippen LogP contribution in [0.25, 0.3) is 11.0 Å². The van der Waals surface area contributed by atoms with Crippen molar-refractivity contribution in [2.75, 3.05) is 17.2 Å². The van der Waals surface area contributed by atoms with E-state index in [1.54, 1.807) is 42.5 Å². The first-order chi connectivity index (χ1) is 16.9. The van der Waals surface area contributed by atoms with Crippen molar-refractivity contribution in [3.63, 3.8) is 0 Å². The molecule has 3 N–H and O–H groups in total. The molecule has 35 heavy (non-hydrogen) atoms. The Kier molecular flexibility index (Phi) is 5.93. The van der Waals surface area contributed by atoms with Gasteiger partial charge in [-0.05, 0) is 54.4 Å². The number of anilines is 2. The van der Waals surface area contributed by atoms with E-state index >= 15 is 0 Å². The zero-order valence-electron chi connectivity index (χ0n) is 19.0. The van der Waals surface area contributed by atoms with Crippen LogP contribution >= 0.6 is 0 Å². The minimum Gasteiger partial charge on any atom is -0.482 e. The maximum absolute atomic E-state index is 12.6. The van der Waals surface area contributed by atoms with Crippen molar-refractivity contribution in [3.8, 4) is 5.75 Å². The number of carbonyl (C=O) groups excluding carboxylic acids is 3. The molecule has 0 fully saturated rings. The van der Waals surface area contributed by atoms with E-state index in [9.17, 15) is 14.4 Å². The van der Waals surface area contributed by atoms with Crippen molar-refractivity contribution in [2.24, 2.45) is 0 Å². The van der Waals surface area contributed by atoms with Crippen molar-refractivity contribution in [1.82, 2.24) is 5.32 Å². The van der Waals surface area contributed by atoms with Gasteiger partial charge < -0.3 is 25.1 Å². The molecule has 0 aliphatic carbocycles. The molecule has 5 rings (SSSR count). The normalized spacial score (nSPS) is 13.3. The van der Waals surface area contributed by atoms with Crippen molar-refractivity contribution < 1.29 is 23.5 Å². The average molecular weight is 469 g/mol. The van der Waals surface area contributed by atoms with Crippen LogP contribution in [0, 0.1) is 0 Å². The van der Waals surface area contributed by atoms with Gasteiger partial charge in [-0.25, -0.2) is 0 Å². The predicted octanol–water partition coefficient (Wildman–Crippen LogP) is 4.44. The molecule has 1 aliphatic rings. The van der Waals surface area contributed by atoms with Crippen molar-refractivity contribution in [1.29, 1.82) is 0 Å². The van der Waals surface area contributed by atoms with E-state index < -0.39 is 0 Å². The zero-order chi connectivity index (χ0) is 24.4. The second kappa shape index (κ2) is 9.34. The molecule has 2 heterocycles. The van der Waals surface area contributed by atoms with E-state index in [4.69, 9.17) is 9.15 Å². The summed E-state index contributed by atoms with van der Waals surface area (Å²) >= 11 is 0. The maximum Gasteiger partial charge on any atom is 0.291 e. The summed E-state index contributed by atoms with van der Waals surface area (Å²) in [5.41, 5.74) is 3.52. The number of carbonyl (C=O) groups is 3. The summed E-state index contributed by atoms with van der Waals surface area (Å²) < 4.78 is 11.0. The second-order valence-corrected chi connectivity index (χ2v) is 8.36. The van der Waals surface area contributed by atoms with Gasteiger partial charge in [-0.1, -0.05) is 36.4 Å². The molecule has 0 saturated carbocycles. The Bertz CT molecular complexity index is 1390. The van der Waals surface area contributed by atoms with Crippen LogP contribution < -0.4 is 20.7 Å². The number of fused-ring (bicyclic) bond motifs is 2. The Labute approximate surface area is 201 Å². The molecule has 1 aromatic heterocycles. The highest BCUT2D eigenvalue weighted by atomic mass is 16.5. The highest BCUT2D eigenvalue weighted by Gasteiger charge is 2.18. The molecule has 1 aliphatic heterocycles. The molecular weight excluding hydrogens is 446 g/mol. The van der Waals surface area contributed by atoms with Crippen LogP contribution in [0.5, 0.6) is 5.75 Å². The third-order valence-electron chi connectivity index (χ3n) is 5.74. The number of amides is 3. The van der Waals surface area contributed by atoms with Crippen LogP contribution in [0.1, 0.15) is 34.6 Å². The van der Waals surface area contributed by atoms with Gasteiger partial charge in [-0.3, -0.25) is 14.4 Å². The largest absolute Gasteiger partial charge is 0.482 e. The number of hydrogen-bond donors (Lipinski definition) is 3. The first kappa shape index (κ1) is 22.2. The van der Waals surface area contributed by atoms with Crippen LogP contribution in [-0.4, -0.2) is 24.3 Å². The Balaban J connectivity index is 1.17. The van der Waals surface area contributed by atoms with E-state index in [2.05, 4.69) is 16.0 Å². The second-order valence-electron chi connectivity index (χ2n) is 8.36. The van der Waals surface area contributed by atoms with E-state index in [0.717, 1.165) is 16.5 Å². The molecule has 8 heteroatoms. The summed E-state index contributed by atoms with van der Waals surface area (Å²) in [6, 6.07) is 21.4. The van der Waals surface area contributed by atoms with E-state index in [1.807, 2.05) is 37.3 Å². The van der Waals surface area contributed by atoms with Gasteiger partial charge in [0.2, 0.25) is 5.91 Å². The SMILES string of the molecule is CC(NC(=O)Cc1ccc(NC(=O)c2cc3ccccc3o2)cc1)c1ccc2c(c1)NC(=O)CO2. The van der Waals surface area contributed by atoms with Gasteiger partial charge in [-0.2, -0.15) is 0 Å². The molecule has 176 valence electrons. The van der Waals surface area contributed by atoms with Crippen LogP contribution in [0.4, 0.5) is 11.4 Å². The molecule has 3 amide bonds. The molecule has 4 aromatic rings. The molecule has 0 bridgehead atoms. The number of benzene rings is 3. The molecule has 1 unspecified atom stereocenters. The molecule has 0 spiro atoms. The fourth-order valence-corrected chi connectivity index (χ4v) is 3.92. The van der Waals surface area contributed by atoms with Crippen LogP contribution in [0.15, 0.2) is 77.2 Å². The lowest BCUT2D eigenvalue weighted by atomic mass is 10.1. The highest BCUT2D eigenvalue weighted by Crippen LogP contribution is 2.30. The quantitative estimate of drug-likeness (QED) is 0.387. The third-order valence-corrected chi connectivity index (χ3v) is 5.74. The summed E-state index contributed by atoms with van der Waals surface area (Å²) in [7, 11) is 0. The standard InChI is InChI=1S/C27H23N3O5/c1-16(18-8-11-23-21(13-18)30-26(32)15-34-23)28-25(31)12-17-6-9-20(10-7-17)29-27(33)24-14-19-4-2-3-5-22(19)35-24/h2-11,13-14,16H,12,15H2,1H3,(H,28,31)(H,29,33)(H,30,32). The minimum atomic E-state index is -0.341. The Morgan fingerprint density at radius 3 is 2.63 bits per heavy atom. The first-order valence-electron chi connectivity index (χ1n) is 11.2. The smallest absolute Gasteiger partial charge is 0.291 e. The summed E-state index contributed by atoms with van der Waals surface area (Å²) in [4.78, 5) is 36.6. The topological polar surface area (TPSA) is 110 Å². The number of rotatable bonds is 6. The van der Waals surface area contributed by atoms with Gasteiger partial charge in [0.1, 0.15) is 11.3 Å². The molecule has 0 radical (unpaired) electrons. The Morgan fingerprint density at radius 1 is 1.03 bits per heavy atom. The number of hydrogen-bond acceptors (Lipinski definition) is 5. The predicted molar refractivity (Wildman–Crippen MR) is 131 cm³/mol. The van der Waals surface area contributed by atoms with Gasteiger partial charge in [0.15, 0.2) is 12.4 Å². The molecular formula is C27H23N3O5. The van der Waals surface area contributed by atoms with Crippen molar-refractivity contribution in [2.45, 2.75) is 19.4 Å². The third kappa shape index (κ3) is 5.01. The van der Waals surface area contributed by atoms with E-state index in [1.165, 1.54) is 0 Å². The van der Waals surface area contributed by atoms with Crippen LogP contribution in [0.2, 0.25) is 0 Å². The number of furan rings is 1. The minimum absolute atomic E-state index is 0.00100. The van der Waals surface area contributed by atoms with Gasteiger partial charge in [-0.15, -0.1) is 0 Å². The van der Waals surface area contributed by atoms with E-state index in [0.29, 0.717) is 22.7 Å². The van der Waals surface area contributed by atoms with Crippen LogP contribution in [-0.2, 0) is 16.0 Å². The zero-order valence-corrected chi connectivity index (χ0v) is 19.0. The fourth-order valence-electron chi connectivity index (χ4n) is 3.92. The average Bonchev–Trinajstić information content (AvgIpc) is 3.29. The first-order valence-corrected chi connectivity index (χ1v) is 11.2. The Morgan fingerprint density at radius 2 is 1.83 bits per heavy atom. The Hall–Kier alpha value is -4.59. The molecule has 3 aromatic carbocycles. The fraction of sp³-hybridized carbons (Fsp3) is 0.148. The summed E-state index contributed by atoms with van der Waals surface area (Å²) in [5.74, 6) is 0.154. The highest BCUT2D eigenvalue weighted by molar-refractivity contribution is 6.04. The molecule has 8 nitrogen and oxygen atoms in total. The van der Waals surface area contributed by atoms with Crippen LogP contribution in [0.3, 0.4) is 0 Å². The summed E-state index contributed by atoms with van der Waals surface area (Å²) in [5, 5.41) is 9.41. The lowest BCUT2D eigenvalue weighted by Gasteiger charge is -2.21. The summed E-state index contributed by atoms with van der Waals surface area (Å²) in [6.45, 7) is 1.88. The van der Waals surface area contributed by atoms with Gasteiger partial charge >= 0.3 is 0 Å². The number of nitrogens with one attached hydrogen (secondary N) is 3. The maximum atomic E-state index is 12.6. The van der Waals surface area contributed by atoms with Gasteiger partial charge in [0.05, 0.1) is 18.2 Å². The van der Waals surface area contributed by atoms with Crippen molar-refractivity contribution >= 4 is 40.1 Å². The lowest BCUT2D eigenvalue weighted by Crippen LogP contribution is -2.29. The van der Waals surface area contributed by atoms with Gasteiger partial charge in [0, 0.05) is 11.1 Å². The van der Waals surface area contributed by atoms with Crippen molar-refractivity contribution in [3.05, 3.63) is 89.7 Å². The lowest BCUT2D eigenvalue weighted by molar-refractivity contribution is -0.121. The molecule has 0 saturated heterocycles. The van der Waals surface area contributed by atoms with Gasteiger partial charge in [0.25, 0.3) is 11.8 Å².